The average Bonchev–Trinajstić information content (AvgIpc) is 3.31. The Kier molecular flexibility index (Phi) is 7.84. The summed E-state index contributed by atoms with van der Waals surface area (Å²) in [7, 11) is 0. The molecule has 1 unspecified atom stereocenters. The summed E-state index contributed by atoms with van der Waals surface area (Å²) in [5, 5.41) is 0. The quantitative estimate of drug-likeness (QED) is 0.199. The van der Waals surface area contributed by atoms with E-state index < -0.39 is 33.8 Å². The first-order valence-electron chi connectivity index (χ1n) is 10.3. The smallest absolute Gasteiger partial charge is 0.384 e. The minimum Gasteiger partial charge on any atom is -0.458 e. The fourth-order valence-electron chi connectivity index (χ4n) is 3.44. The molecule has 8 heteroatoms. The van der Waals surface area contributed by atoms with Gasteiger partial charge in [-0.05, 0) is 42.2 Å². The second-order valence-electron chi connectivity index (χ2n) is 8.30. The van der Waals surface area contributed by atoms with Crippen molar-refractivity contribution in [2.75, 3.05) is 6.61 Å². The van der Waals surface area contributed by atoms with Crippen LogP contribution in [0.5, 0.6) is 11.5 Å². The predicted molar refractivity (Wildman–Crippen MR) is 127 cm³/mol. The van der Waals surface area contributed by atoms with Gasteiger partial charge in [-0.25, -0.2) is 4.79 Å². The summed E-state index contributed by atoms with van der Waals surface area (Å²) in [5.74, 6) is 4.51. The lowest BCUT2D eigenvalue weighted by Gasteiger charge is -2.15. The highest BCUT2D eigenvalue weighted by atomic mass is 35.6. The van der Waals surface area contributed by atoms with E-state index in [2.05, 4.69) is 11.8 Å². The molecule has 0 bridgehead atoms. The molecule has 0 aliphatic heterocycles. The van der Waals surface area contributed by atoms with Gasteiger partial charge in [0.25, 0.3) is 0 Å². The van der Waals surface area contributed by atoms with Crippen molar-refractivity contribution in [1.82, 2.24) is 0 Å². The summed E-state index contributed by atoms with van der Waals surface area (Å²) in [6, 6.07) is 16.8. The van der Waals surface area contributed by atoms with Gasteiger partial charge in [0.05, 0.1) is 5.92 Å². The Morgan fingerprint density at radius 2 is 1.73 bits per heavy atom. The van der Waals surface area contributed by atoms with E-state index in [9.17, 15) is 9.59 Å². The van der Waals surface area contributed by atoms with Gasteiger partial charge in [-0.15, -0.1) is 0 Å². The van der Waals surface area contributed by atoms with Crippen molar-refractivity contribution in [2.45, 2.75) is 30.7 Å². The zero-order valence-corrected chi connectivity index (χ0v) is 20.6. The second-order valence-corrected chi connectivity index (χ2v) is 10.8. The number of esters is 2. The van der Waals surface area contributed by atoms with Gasteiger partial charge in [-0.3, -0.25) is 4.79 Å². The molecule has 1 saturated carbocycles. The fraction of sp³-hybridized carbons (Fsp3) is 0.360. The number of hydrogen-bond acceptors (Lipinski definition) is 5. The van der Waals surface area contributed by atoms with Crippen molar-refractivity contribution in [2.24, 2.45) is 17.3 Å². The first-order chi connectivity index (χ1) is 15.5. The maximum Gasteiger partial charge on any atom is 0.384 e. The van der Waals surface area contributed by atoms with Gasteiger partial charge < -0.3 is 14.2 Å². The van der Waals surface area contributed by atoms with E-state index in [0.717, 1.165) is 5.56 Å². The molecule has 2 aromatic carbocycles. The number of para-hydroxylation sites is 1. The molecule has 5 nitrogen and oxygen atoms in total. The van der Waals surface area contributed by atoms with Gasteiger partial charge >= 0.3 is 11.9 Å². The molecule has 0 heterocycles. The molecule has 1 fully saturated rings. The highest BCUT2D eigenvalue weighted by Gasteiger charge is 2.62. The lowest BCUT2D eigenvalue weighted by atomic mass is 10.1. The fourth-order valence-corrected chi connectivity index (χ4v) is 3.60. The predicted octanol–water partition coefficient (Wildman–Crippen LogP) is 6.27. The topological polar surface area (TPSA) is 61.8 Å². The highest BCUT2D eigenvalue weighted by Crippen LogP contribution is 2.58. The van der Waals surface area contributed by atoms with Gasteiger partial charge in [-0.1, -0.05) is 84.9 Å². The number of benzene rings is 2. The lowest BCUT2D eigenvalue weighted by Crippen LogP contribution is -2.16. The molecule has 174 valence electrons. The Morgan fingerprint density at radius 1 is 1.06 bits per heavy atom. The number of hydrogen-bond donors (Lipinski definition) is 0. The summed E-state index contributed by atoms with van der Waals surface area (Å²) in [5.41, 5.74) is 0.366. The number of rotatable bonds is 6. The van der Waals surface area contributed by atoms with Crippen LogP contribution >= 0.6 is 34.8 Å². The van der Waals surface area contributed by atoms with E-state index in [4.69, 9.17) is 49.0 Å². The Balaban J connectivity index is 1.59. The van der Waals surface area contributed by atoms with Crippen LogP contribution in [0.2, 0.25) is 0 Å². The van der Waals surface area contributed by atoms with Crippen LogP contribution in [-0.4, -0.2) is 22.3 Å². The molecule has 1 aliphatic carbocycles. The van der Waals surface area contributed by atoms with E-state index in [0.29, 0.717) is 11.5 Å². The number of halogens is 3. The summed E-state index contributed by atoms with van der Waals surface area (Å²) >= 11 is 16.6. The number of ether oxygens (including phenoxy) is 3. The monoisotopic (exact) mass is 508 g/mol. The standard InChI is InChI=1S/C25H23Cl3O5/c1-16(17-8-7-11-19(14-17)33-18-9-5-4-6-10-18)32-23(30)22-20(24(22,2)3)12-13-21(29)31-15-25(26,27)28/h4-11,14,16,20,22H,15H2,1-3H3/t16?,20-,22-/m0/s1. The molecule has 0 aromatic heterocycles. The van der Waals surface area contributed by atoms with Crippen molar-refractivity contribution in [1.29, 1.82) is 0 Å². The van der Waals surface area contributed by atoms with E-state index in [-0.39, 0.29) is 11.9 Å². The second kappa shape index (κ2) is 10.3. The molecule has 1 aliphatic rings. The first kappa shape index (κ1) is 25.2. The van der Waals surface area contributed by atoms with Crippen molar-refractivity contribution in [3.8, 4) is 23.3 Å². The van der Waals surface area contributed by atoms with Gasteiger partial charge in [0.15, 0.2) is 0 Å². The molecule has 0 radical (unpaired) electrons. The molecule has 3 atom stereocenters. The zero-order valence-electron chi connectivity index (χ0n) is 18.3. The zero-order chi connectivity index (χ0) is 24.2. The molecule has 33 heavy (non-hydrogen) atoms. The van der Waals surface area contributed by atoms with E-state index >= 15 is 0 Å². The summed E-state index contributed by atoms with van der Waals surface area (Å²) in [6.45, 7) is 5.17. The van der Waals surface area contributed by atoms with E-state index in [1.54, 1.807) is 6.92 Å². The van der Waals surface area contributed by atoms with Crippen molar-refractivity contribution in [3.05, 3.63) is 60.2 Å². The van der Waals surface area contributed by atoms with Crippen LogP contribution in [0.25, 0.3) is 0 Å². The van der Waals surface area contributed by atoms with Gasteiger partial charge in [0.2, 0.25) is 3.79 Å². The maximum absolute atomic E-state index is 12.8. The third-order valence-electron chi connectivity index (χ3n) is 5.38. The van der Waals surface area contributed by atoms with Crippen LogP contribution in [0.1, 0.15) is 32.4 Å². The molecule has 3 rings (SSSR count). The van der Waals surface area contributed by atoms with E-state index in [1.807, 2.05) is 68.4 Å². The number of carbonyl (C=O) groups is 2. The molecule has 2 aromatic rings. The van der Waals surface area contributed by atoms with Gasteiger partial charge in [0, 0.05) is 11.8 Å². The van der Waals surface area contributed by atoms with Crippen molar-refractivity contribution < 1.29 is 23.8 Å². The van der Waals surface area contributed by atoms with Gasteiger partial charge in [0.1, 0.15) is 24.2 Å². The lowest BCUT2D eigenvalue weighted by molar-refractivity contribution is -0.151. The molecular formula is C25H23Cl3O5. The maximum atomic E-state index is 12.8. The van der Waals surface area contributed by atoms with Gasteiger partial charge in [-0.2, -0.15) is 0 Å². The van der Waals surface area contributed by atoms with Crippen LogP contribution in [0.3, 0.4) is 0 Å². The van der Waals surface area contributed by atoms with Crippen molar-refractivity contribution in [3.63, 3.8) is 0 Å². The van der Waals surface area contributed by atoms with Crippen molar-refractivity contribution >= 4 is 46.7 Å². The van der Waals surface area contributed by atoms with Crippen LogP contribution in [0.4, 0.5) is 0 Å². The van der Waals surface area contributed by atoms with Crippen LogP contribution in [0.15, 0.2) is 54.6 Å². The normalized spacial score (nSPS) is 19.5. The average molecular weight is 510 g/mol. The minimum absolute atomic E-state index is 0.342. The van der Waals surface area contributed by atoms with Crippen LogP contribution < -0.4 is 4.74 Å². The Hall–Kier alpha value is -2.39. The largest absolute Gasteiger partial charge is 0.458 e. The molecule has 0 amide bonds. The van der Waals surface area contributed by atoms with Crippen LogP contribution in [-0.2, 0) is 19.1 Å². The van der Waals surface area contributed by atoms with Crippen LogP contribution in [0, 0.1) is 29.1 Å². The molecule has 0 N–H and O–H groups in total. The minimum atomic E-state index is -1.71. The third-order valence-corrected chi connectivity index (χ3v) is 5.70. The SMILES string of the molecule is CC(OC(=O)[C@@H]1[C@H](C#CC(=O)OCC(Cl)(Cl)Cl)C1(C)C)c1cccc(Oc2ccccc2)c1. The third kappa shape index (κ3) is 7.04. The number of alkyl halides is 3. The molecule has 0 spiro atoms. The Morgan fingerprint density at radius 3 is 2.39 bits per heavy atom. The number of carbonyl (C=O) groups excluding carboxylic acids is 2. The summed E-state index contributed by atoms with van der Waals surface area (Å²) in [4.78, 5) is 24.5. The highest BCUT2D eigenvalue weighted by molar-refractivity contribution is 6.67. The first-order valence-corrected chi connectivity index (χ1v) is 11.4. The molecule has 0 saturated heterocycles. The summed E-state index contributed by atoms with van der Waals surface area (Å²) < 4.78 is 14.6. The molecular weight excluding hydrogens is 487 g/mol. The Bertz CT molecular complexity index is 1070. The Labute approximate surface area is 208 Å². The summed E-state index contributed by atoms with van der Waals surface area (Å²) in [6.07, 6.45) is -0.490. The van der Waals surface area contributed by atoms with E-state index in [1.165, 1.54) is 0 Å².